The van der Waals surface area contributed by atoms with Crippen LogP contribution in [0.25, 0.3) is 5.69 Å². The van der Waals surface area contributed by atoms with E-state index < -0.39 is 0 Å². The van der Waals surface area contributed by atoms with E-state index in [9.17, 15) is 4.79 Å². The molecular weight excluding hydrogens is 288 g/mol. The SMILES string of the molecule is Cc1ccc(-n2nnc(C(=O)N3CCCCCCC3)c2C)cc1. The van der Waals surface area contributed by atoms with Crippen LogP contribution in [0.1, 0.15) is 53.8 Å². The van der Waals surface area contributed by atoms with Gasteiger partial charge in [-0.05, 0) is 38.8 Å². The van der Waals surface area contributed by atoms with Crippen molar-refractivity contribution in [2.45, 2.75) is 46.0 Å². The van der Waals surface area contributed by atoms with Gasteiger partial charge in [0.25, 0.3) is 5.91 Å². The van der Waals surface area contributed by atoms with E-state index in [0.717, 1.165) is 37.3 Å². The van der Waals surface area contributed by atoms with E-state index in [1.165, 1.54) is 24.8 Å². The Balaban J connectivity index is 1.82. The Morgan fingerprint density at radius 2 is 1.57 bits per heavy atom. The number of nitrogens with zero attached hydrogens (tertiary/aromatic N) is 4. The maximum atomic E-state index is 12.8. The second-order valence-electron chi connectivity index (χ2n) is 6.33. The van der Waals surface area contributed by atoms with Crippen molar-refractivity contribution in [1.82, 2.24) is 19.9 Å². The summed E-state index contributed by atoms with van der Waals surface area (Å²) >= 11 is 0. The van der Waals surface area contributed by atoms with Crippen LogP contribution < -0.4 is 0 Å². The summed E-state index contributed by atoms with van der Waals surface area (Å²) in [6, 6.07) is 8.08. The molecule has 1 aliphatic heterocycles. The van der Waals surface area contributed by atoms with Gasteiger partial charge >= 0.3 is 0 Å². The smallest absolute Gasteiger partial charge is 0.276 e. The van der Waals surface area contributed by atoms with Crippen molar-refractivity contribution in [1.29, 1.82) is 0 Å². The zero-order valence-corrected chi connectivity index (χ0v) is 14.0. The van der Waals surface area contributed by atoms with Gasteiger partial charge < -0.3 is 4.90 Å². The lowest BCUT2D eigenvalue weighted by Crippen LogP contribution is -2.34. The van der Waals surface area contributed by atoms with Crippen molar-refractivity contribution in [3.8, 4) is 5.69 Å². The van der Waals surface area contributed by atoms with Gasteiger partial charge in [-0.1, -0.05) is 42.2 Å². The molecule has 1 aromatic heterocycles. The number of hydrogen-bond donors (Lipinski definition) is 0. The van der Waals surface area contributed by atoms with E-state index in [4.69, 9.17) is 0 Å². The Labute approximate surface area is 137 Å². The largest absolute Gasteiger partial charge is 0.337 e. The fourth-order valence-electron chi connectivity index (χ4n) is 3.06. The summed E-state index contributed by atoms with van der Waals surface area (Å²) in [5, 5.41) is 8.36. The van der Waals surface area contributed by atoms with Gasteiger partial charge in [0, 0.05) is 13.1 Å². The molecule has 1 aromatic carbocycles. The summed E-state index contributed by atoms with van der Waals surface area (Å²) in [6.45, 7) is 5.62. The normalized spacial score (nSPS) is 16.0. The van der Waals surface area contributed by atoms with Crippen molar-refractivity contribution in [2.24, 2.45) is 0 Å². The third-order valence-corrected chi connectivity index (χ3v) is 4.52. The van der Waals surface area contributed by atoms with Crippen LogP contribution in [0.5, 0.6) is 0 Å². The third kappa shape index (κ3) is 3.44. The first-order valence-corrected chi connectivity index (χ1v) is 8.45. The minimum Gasteiger partial charge on any atom is -0.337 e. The van der Waals surface area contributed by atoms with Crippen LogP contribution in [0.2, 0.25) is 0 Å². The van der Waals surface area contributed by atoms with Crippen LogP contribution >= 0.6 is 0 Å². The van der Waals surface area contributed by atoms with Crippen LogP contribution in [0.15, 0.2) is 24.3 Å². The molecule has 0 bridgehead atoms. The van der Waals surface area contributed by atoms with Gasteiger partial charge in [0.1, 0.15) is 0 Å². The Kier molecular flexibility index (Phi) is 4.74. The molecule has 0 spiro atoms. The van der Waals surface area contributed by atoms with E-state index in [-0.39, 0.29) is 5.91 Å². The Bertz CT molecular complexity index is 667. The molecule has 5 nitrogen and oxygen atoms in total. The number of carbonyl (C=O) groups is 1. The number of carbonyl (C=O) groups excluding carboxylic acids is 1. The lowest BCUT2D eigenvalue weighted by Gasteiger charge is -2.24. The van der Waals surface area contributed by atoms with E-state index in [1.54, 1.807) is 4.68 Å². The summed E-state index contributed by atoms with van der Waals surface area (Å²) in [6.07, 6.45) is 5.86. The molecule has 1 aliphatic rings. The van der Waals surface area contributed by atoms with E-state index in [1.807, 2.05) is 36.1 Å². The minimum atomic E-state index is 0.0164. The van der Waals surface area contributed by atoms with E-state index in [0.29, 0.717) is 5.69 Å². The molecule has 1 fully saturated rings. The van der Waals surface area contributed by atoms with E-state index >= 15 is 0 Å². The zero-order valence-electron chi connectivity index (χ0n) is 14.0. The molecule has 23 heavy (non-hydrogen) atoms. The molecule has 0 unspecified atom stereocenters. The first-order valence-electron chi connectivity index (χ1n) is 8.45. The summed E-state index contributed by atoms with van der Waals surface area (Å²) in [5.74, 6) is 0.0164. The van der Waals surface area contributed by atoms with Gasteiger partial charge in [-0.15, -0.1) is 5.10 Å². The quantitative estimate of drug-likeness (QED) is 0.855. The molecule has 0 saturated carbocycles. The number of amides is 1. The highest BCUT2D eigenvalue weighted by Gasteiger charge is 2.23. The number of benzene rings is 1. The molecule has 0 radical (unpaired) electrons. The summed E-state index contributed by atoms with van der Waals surface area (Å²) in [4.78, 5) is 14.7. The summed E-state index contributed by atoms with van der Waals surface area (Å²) < 4.78 is 1.75. The van der Waals surface area contributed by atoms with Gasteiger partial charge in [0.2, 0.25) is 0 Å². The van der Waals surface area contributed by atoms with Crippen molar-refractivity contribution >= 4 is 5.91 Å². The topological polar surface area (TPSA) is 51.0 Å². The van der Waals surface area contributed by atoms with Gasteiger partial charge in [0.15, 0.2) is 5.69 Å². The number of rotatable bonds is 2. The molecule has 1 saturated heterocycles. The van der Waals surface area contributed by atoms with Gasteiger partial charge in [-0.25, -0.2) is 4.68 Å². The summed E-state index contributed by atoms with van der Waals surface area (Å²) in [7, 11) is 0. The number of hydrogen-bond acceptors (Lipinski definition) is 3. The lowest BCUT2D eigenvalue weighted by molar-refractivity contribution is 0.0735. The van der Waals surface area contributed by atoms with Crippen molar-refractivity contribution in [3.63, 3.8) is 0 Å². The van der Waals surface area contributed by atoms with Crippen LogP contribution in [0.3, 0.4) is 0 Å². The van der Waals surface area contributed by atoms with Crippen molar-refractivity contribution in [2.75, 3.05) is 13.1 Å². The number of likely N-dealkylation sites (tertiary alicyclic amines) is 1. The molecule has 3 rings (SSSR count). The molecule has 5 heteroatoms. The highest BCUT2D eigenvalue weighted by Crippen LogP contribution is 2.17. The fraction of sp³-hybridized carbons (Fsp3) is 0.500. The molecule has 0 aliphatic carbocycles. The Morgan fingerprint density at radius 1 is 0.957 bits per heavy atom. The monoisotopic (exact) mass is 312 g/mol. The fourth-order valence-corrected chi connectivity index (χ4v) is 3.06. The zero-order chi connectivity index (χ0) is 16.2. The van der Waals surface area contributed by atoms with E-state index in [2.05, 4.69) is 17.2 Å². The Morgan fingerprint density at radius 3 is 2.22 bits per heavy atom. The molecular formula is C18H24N4O. The molecule has 122 valence electrons. The molecule has 1 amide bonds. The molecule has 2 heterocycles. The highest BCUT2D eigenvalue weighted by molar-refractivity contribution is 5.93. The van der Waals surface area contributed by atoms with Crippen LogP contribution in [0, 0.1) is 13.8 Å². The minimum absolute atomic E-state index is 0.0164. The van der Waals surface area contributed by atoms with Gasteiger partial charge in [-0.3, -0.25) is 4.79 Å². The van der Waals surface area contributed by atoms with Crippen LogP contribution in [-0.2, 0) is 0 Å². The van der Waals surface area contributed by atoms with Gasteiger partial charge in [-0.2, -0.15) is 0 Å². The number of aryl methyl sites for hydroxylation is 1. The summed E-state index contributed by atoms with van der Waals surface area (Å²) in [5.41, 5.74) is 3.42. The second kappa shape index (κ2) is 6.94. The van der Waals surface area contributed by atoms with Crippen molar-refractivity contribution in [3.05, 3.63) is 41.2 Å². The van der Waals surface area contributed by atoms with Crippen LogP contribution in [0.4, 0.5) is 0 Å². The molecule has 0 atom stereocenters. The highest BCUT2D eigenvalue weighted by atomic mass is 16.2. The average molecular weight is 312 g/mol. The standard InChI is InChI=1S/C18H24N4O/c1-14-8-10-16(11-9-14)22-15(2)17(19-20-22)18(23)21-12-6-4-3-5-7-13-21/h8-11H,3-7,12-13H2,1-2H3. The maximum absolute atomic E-state index is 12.8. The molecule has 0 N–H and O–H groups in total. The third-order valence-electron chi connectivity index (χ3n) is 4.52. The molecule has 2 aromatic rings. The predicted octanol–water partition coefficient (Wildman–Crippen LogP) is 3.29. The first-order chi connectivity index (χ1) is 11.2. The predicted molar refractivity (Wildman–Crippen MR) is 89.8 cm³/mol. The Hall–Kier alpha value is -2.17. The number of aromatic nitrogens is 3. The lowest BCUT2D eigenvalue weighted by atomic mass is 10.1. The van der Waals surface area contributed by atoms with Crippen LogP contribution in [-0.4, -0.2) is 38.9 Å². The first kappa shape index (κ1) is 15.7. The maximum Gasteiger partial charge on any atom is 0.276 e. The van der Waals surface area contributed by atoms with Gasteiger partial charge in [0.05, 0.1) is 11.4 Å². The second-order valence-corrected chi connectivity index (χ2v) is 6.33. The van der Waals surface area contributed by atoms with Crippen molar-refractivity contribution < 1.29 is 4.79 Å². The average Bonchev–Trinajstić information content (AvgIpc) is 2.89.